The monoisotopic (exact) mass is 325 g/mol. The minimum Gasteiger partial charge on any atom is -0.350 e. The summed E-state index contributed by atoms with van der Waals surface area (Å²) in [6, 6.07) is 8.45. The number of carbonyl (C=O) groups is 1. The van der Waals surface area contributed by atoms with E-state index in [0.717, 1.165) is 35.5 Å². The number of nitrogens with one attached hydrogen (secondary N) is 1. The Hall–Kier alpha value is -2.10. The lowest BCUT2D eigenvalue weighted by atomic mass is 10.0. The summed E-state index contributed by atoms with van der Waals surface area (Å²) in [6.45, 7) is 10.3. The Kier molecular flexibility index (Phi) is 4.48. The van der Waals surface area contributed by atoms with Gasteiger partial charge in [0.1, 0.15) is 0 Å². The molecular weight excluding hydrogens is 298 g/mol. The third-order valence-electron chi connectivity index (χ3n) is 4.38. The predicted molar refractivity (Wildman–Crippen MR) is 97.0 cm³/mol. The van der Waals surface area contributed by atoms with Crippen molar-refractivity contribution in [3.8, 4) is 5.69 Å². The van der Waals surface area contributed by atoms with Gasteiger partial charge in [-0.15, -0.1) is 0 Å². The van der Waals surface area contributed by atoms with E-state index in [4.69, 9.17) is 5.10 Å². The first kappa shape index (κ1) is 16.7. The summed E-state index contributed by atoms with van der Waals surface area (Å²) in [5.74, 6) is 0.662. The summed E-state index contributed by atoms with van der Waals surface area (Å²) in [5.41, 5.74) is 5.02. The van der Waals surface area contributed by atoms with Crippen molar-refractivity contribution in [3.63, 3.8) is 0 Å². The number of hydrogen-bond acceptors (Lipinski definition) is 2. The normalized spacial score (nSPS) is 14.5. The van der Waals surface area contributed by atoms with Gasteiger partial charge in [-0.1, -0.05) is 31.5 Å². The molecule has 1 heterocycles. The highest BCUT2D eigenvalue weighted by atomic mass is 16.1. The highest BCUT2D eigenvalue weighted by Crippen LogP contribution is 2.43. The Bertz CT molecular complexity index is 737. The molecule has 1 aliphatic carbocycles. The molecule has 0 atom stereocenters. The van der Waals surface area contributed by atoms with Crippen LogP contribution in [-0.4, -0.2) is 21.7 Å². The van der Waals surface area contributed by atoms with Crippen LogP contribution in [0.3, 0.4) is 0 Å². The van der Waals surface area contributed by atoms with E-state index in [1.54, 1.807) is 0 Å². The quantitative estimate of drug-likeness (QED) is 0.890. The second-order valence-corrected chi connectivity index (χ2v) is 7.45. The molecule has 4 heteroatoms. The van der Waals surface area contributed by atoms with Crippen molar-refractivity contribution in [2.24, 2.45) is 0 Å². The summed E-state index contributed by atoms with van der Waals surface area (Å²) in [6.07, 6.45) is 2.26. The number of rotatable bonds is 5. The van der Waals surface area contributed by atoms with Crippen LogP contribution in [0.25, 0.3) is 5.69 Å². The highest BCUT2D eigenvalue weighted by Gasteiger charge is 2.35. The third kappa shape index (κ3) is 3.23. The lowest BCUT2D eigenvalue weighted by molar-refractivity contribution is 0.0940. The average Bonchev–Trinajstić information content (AvgIpc) is 3.26. The second kappa shape index (κ2) is 6.42. The Morgan fingerprint density at radius 3 is 2.29 bits per heavy atom. The van der Waals surface area contributed by atoms with Gasteiger partial charge in [0.25, 0.3) is 5.91 Å². The van der Waals surface area contributed by atoms with Crippen LogP contribution in [0, 0.1) is 6.92 Å². The molecule has 0 bridgehead atoms. The van der Waals surface area contributed by atoms with Gasteiger partial charge in [-0.25, -0.2) is 4.68 Å². The molecule has 128 valence electrons. The van der Waals surface area contributed by atoms with Gasteiger partial charge >= 0.3 is 0 Å². The van der Waals surface area contributed by atoms with E-state index in [1.807, 2.05) is 18.5 Å². The van der Waals surface area contributed by atoms with Crippen LogP contribution in [0.2, 0.25) is 0 Å². The van der Waals surface area contributed by atoms with E-state index in [0.29, 0.717) is 5.92 Å². The molecule has 1 saturated carbocycles. The zero-order valence-corrected chi connectivity index (χ0v) is 15.3. The van der Waals surface area contributed by atoms with Crippen LogP contribution < -0.4 is 5.32 Å². The van der Waals surface area contributed by atoms with E-state index in [2.05, 4.69) is 50.4 Å². The van der Waals surface area contributed by atoms with Crippen LogP contribution in [0.15, 0.2) is 24.3 Å². The zero-order valence-electron chi connectivity index (χ0n) is 15.3. The van der Waals surface area contributed by atoms with Gasteiger partial charge in [-0.05, 0) is 51.7 Å². The number of aryl methyl sites for hydroxylation is 1. The molecule has 4 nitrogen and oxygen atoms in total. The standard InChI is InChI=1S/C20H27N3O/c1-12(2)19-17(20(24)21-13(3)4)18(15-8-9-15)22-23(19)16-10-6-14(5)7-11-16/h6-7,10-13,15H,8-9H2,1-5H3,(H,21,24). The number of amides is 1. The third-order valence-corrected chi connectivity index (χ3v) is 4.38. The molecule has 1 N–H and O–H groups in total. The lowest BCUT2D eigenvalue weighted by Gasteiger charge is -2.14. The predicted octanol–water partition coefficient (Wildman–Crippen LogP) is 4.32. The lowest BCUT2D eigenvalue weighted by Crippen LogP contribution is -2.31. The van der Waals surface area contributed by atoms with Crippen LogP contribution in [0.4, 0.5) is 0 Å². The Morgan fingerprint density at radius 2 is 1.79 bits per heavy atom. The summed E-state index contributed by atoms with van der Waals surface area (Å²) in [4.78, 5) is 12.9. The van der Waals surface area contributed by atoms with Crippen LogP contribution >= 0.6 is 0 Å². The Labute approximate surface area is 144 Å². The minimum atomic E-state index is 0.00830. The molecule has 1 amide bonds. The average molecular weight is 325 g/mol. The first-order chi connectivity index (χ1) is 11.4. The van der Waals surface area contributed by atoms with E-state index in [-0.39, 0.29) is 17.9 Å². The van der Waals surface area contributed by atoms with Gasteiger partial charge in [-0.2, -0.15) is 5.10 Å². The molecule has 0 unspecified atom stereocenters. The first-order valence-corrected chi connectivity index (χ1v) is 8.89. The van der Waals surface area contributed by atoms with E-state index in [9.17, 15) is 4.79 Å². The summed E-state index contributed by atoms with van der Waals surface area (Å²) >= 11 is 0. The van der Waals surface area contributed by atoms with Crippen molar-refractivity contribution in [1.29, 1.82) is 0 Å². The maximum atomic E-state index is 12.9. The number of aromatic nitrogens is 2. The second-order valence-electron chi connectivity index (χ2n) is 7.45. The van der Waals surface area contributed by atoms with Crippen LogP contribution in [0.5, 0.6) is 0 Å². The largest absolute Gasteiger partial charge is 0.350 e. The summed E-state index contributed by atoms with van der Waals surface area (Å²) in [7, 11) is 0. The first-order valence-electron chi connectivity index (χ1n) is 8.89. The fraction of sp³-hybridized carbons (Fsp3) is 0.500. The fourth-order valence-electron chi connectivity index (χ4n) is 3.07. The topological polar surface area (TPSA) is 46.9 Å². The van der Waals surface area contributed by atoms with E-state index >= 15 is 0 Å². The van der Waals surface area contributed by atoms with Gasteiger partial charge in [0.2, 0.25) is 0 Å². The summed E-state index contributed by atoms with van der Waals surface area (Å²) < 4.78 is 1.98. The van der Waals surface area contributed by atoms with Crippen molar-refractivity contribution in [2.45, 2.75) is 65.3 Å². The molecule has 0 saturated heterocycles. The fourth-order valence-corrected chi connectivity index (χ4v) is 3.07. The molecule has 0 spiro atoms. The number of nitrogens with zero attached hydrogens (tertiary/aromatic N) is 2. The van der Waals surface area contributed by atoms with Crippen molar-refractivity contribution in [3.05, 3.63) is 46.8 Å². The molecule has 2 aromatic rings. The van der Waals surface area contributed by atoms with Crippen molar-refractivity contribution < 1.29 is 4.79 Å². The Morgan fingerprint density at radius 1 is 1.17 bits per heavy atom. The van der Waals surface area contributed by atoms with E-state index < -0.39 is 0 Å². The van der Waals surface area contributed by atoms with Gasteiger partial charge in [-0.3, -0.25) is 4.79 Å². The molecule has 3 rings (SSSR count). The minimum absolute atomic E-state index is 0.00830. The molecule has 1 aliphatic rings. The maximum absolute atomic E-state index is 12.9. The molecule has 0 aliphatic heterocycles. The van der Waals surface area contributed by atoms with Crippen LogP contribution in [-0.2, 0) is 0 Å². The number of hydrogen-bond donors (Lipinski definition) is 1. The van der Waals surface area contributed by atoms with Gasteiger partial charge < -0.3 is 5.32 Å². The van der Waals surface area contributed by atoms with Gasteiger partial charge in [0.05, 0.1) is 22.6 Å². The number of carbonyl (C=O) groups excluding carboxylic acids is 1. The highest BCUT2D eigenvalue weighted by molar-refractivity contribution is 5.97. The van der Waals surface area contributed by atoms with Gasteiger partial charge in [0.15, 0.2) is 0 Å². The molecule has 1 aromatic carbocycles. The molecule has 1 aromatic heterocycles. The summed E-state index contributed by atoms with van der Waals surface area (Å²) in [5, 5.41) is 7.94. The Balaban J connectivity index is 2.15. The van der Waals surface area contributed by atoms with E-state index in [1.165, 1.54) is 5.56 Å². The van der Waals surface area contributed by atoms with Crippen molar-refractivity contribution in [1.82, 2.24) is 15.1 Å². The number of benzene rings is 1. The van der Waals surface area contributed by atoms with Crippen LogP contribution in [0.1, 0.15) is 79.7 Å². The molecule has 1 fully saturated rings. The maximum Gasteiger partial charge on any atom is 0.255 e. The molecule has 0 radical (unpaired) electrons. The smallest absolute Gasteiger partial charge is 0.255 e. The SMILES string of the molecule is Cc1ccc(-n2nc(C3CC3)c(C(=O)NC(C)C)c2C(C)C)cc1. The zero-order chi connectivity index (χ0) is 17.4. The molecular formula is C20H27N3O. The molecule has 24 heavy (non-hydrogen) atoms. The van der Waals surface area contributed by atoms with Crippen molar-refractivity contribution >= 4 is 5.91 Å². The van der Waals surface area contributed by atoms with Gasteiger partial charge in [0, 0.05) is 12.0 Å². The van der Waals surface area contributed by atoms with Crippen molar-refractivity contribution in [2.75, 3.05) is 0 Å².